The van der Waals surface area contributed by atoms with Crippen molar-refractivity contribution in [1.82, 2.24) is 10.2 Å². The second-order valence-electron chi connectivity index (χ2n) is 3.57. The molecule has 1 heterocycles. The molecule has 18 heavy (non-hydrogen) atoms. The van der Waals surface area contributed by atoms with E-state index in [4.69, 9.17) is 19.6 Å². The normalized spacial score (nSPS) is 10.3. The Balaban J connectivity index is 1.84. The molecular formula is C12H15N3O3. The van der Waals surface area contributed by atoms with Crippen molar-refractivity contribution in [3.8, 4) is 11.5 Å². The molecule has 0 saturated heterocycles. The van der Waals surface area contributed by atoms with Gasteiger partial charge >= 0.3 is 0 Å². The third kappa shape index (κ3) is 3.21. The molecule has 0 fully saturated rings. The fourth-order valence-electron chi connectivity index (χ4n) is 1.42. The zero-order chi connectivity index (χ0) is 12.8. The topological polar surface area (TPSA) is 83.4 Å². The van der Waals surface area contributed by atoms with Crippen LogP contribution in [0.2, 0.25) is 0 Å². The molecule has 1 aromatic heterocycles. The van der Waals surface area contributed by atoms with E-state index in [1.165, 1.54) is 0 Å². The number of rotatable bonds is 6. The Morgan fingerprint density at radius 1 is 1.22 bits per heavy atom. The highest BCUT2D eigenvalue weighted by Gasteiger charge is 2.04. The van der Waals surface area contributed by atoms with Gasteiger partial charge in [-0.2, -0.15) is 0 Å². The number of benzene rings is 1. The van der Waals surface area contributed by atoms with Crippen LogP contribution in [-0.2, 0) is 13.0 Å². The van der Waals surface area contributed by atoms with Crippen LogP contribution in [0.1, 0.15) is 11.8 Å². The monoisotopic (exact) mass is 249 g/mol. The Morgan fingerprint density at radius 3 is 2.72 bits per heavy atom. The molecule has 0 spiro atoms. The number of aromatic nitrogens is 2. The Hall–Kier alpha value is -2.08. The largest absolute Gasteiger partial charge is 0.497 e. The highest BCUT2D eigenvalue weighted by Crippen LogP contribution is 2.18. The van der Waals surface area contributed by atoms with E-state index < -0.39 is 0 Å². The van der Waals surface area contributed by atoms with Gasteiger partial charge in [-0.1, -0.05) is 6.07 Å². The van der Waals surface area contributed by atoms with Crippen LogP contribution >= 0.6 is 0 Å². The van der Waals surface area contributed by atoms with E-state index in [2.05, 4.69) is 10.2 Å². The van der Waals surface area contributed by atoms with Crippen molar-refractivity contribution in [2.75, 3.05) is 13.7 Å². The first-order valence-corrected chi connectivity index (χ1v) is 5.60. The van der Waals surface area contributed by atoms with E-state index in [0.29, 0.717) is 24.8 Å². The van der Waals surface area contributed by atoms with Gasteiger partial charge in [-0.15, -0.1) is 10.2 Å². The summed E-state index contributed by atoms with van der Waals surface area (Å²) >= 11 is 0. The Kier molecular flexibility index (Phi) is 4.14. The lowest BCUT2D eigenvalue weighted by molar-refractivity contribution is 0.302. The van der Waals surface area contributed by atoms with Crippen LogP contribution in [0, 0.1) is 0 Å². The molecular weight excluding hydrogens is 234 g/mol. The smallest absolute Gasteiger partial charge is 0.230 e. The van der Waals surface area contributed by atoms with Crippen molar-refractivity contribution in [2.24, 2.45) is 5.73 Å². The molecule has 0 aliphatic heterocycles. The zero-order valence-corrected chi connectivity index (χ0v) is 10.1. The van der Waals surface area contributed by atoms with Crippen molar-refractivity contribution in [3.05, 3.63) is 36.0 Å². The molecule has 2 rings (SSSR count). The van der Waals surface area contributed by atoms with Crippen LogP contribution in [0.15, 0.2) is 28.7 Å². The highest BCUT2D eigenvalue weighted by atomic mass is 16.5. The average molecular weight is 249 g/mol. The van der Waals surface area contributed by atoms with Gasteiger partial charge in [0.1, 0.15) is 11.5 Å². The molecule has 0 amide bonds. The Bertz CT molecular complexity index is 499. The lowest BCUT2D eigenvalue weighted by Crippen LogP contribution is -2.01. The molecule has 0 radical (unpaired) electrons. The maximum atomic E-state index is 5.56. The molecule has 6 heteroatoms. The maximum absolute atomic E-state index is 5.56. The van der Waals surface area contributed by atoms with Gasteiger partial charge in [0, 0.05) is 6.07 Å². The first-order valence-electron chi connectivity index (χ1n) is 5.60. The second kappa shape index (κ2) is 6.02. The standard InChI is InChI=1S/C12H15N3O3/c1-16-9-3-2-4-10(7-9)17-6-5-11-14-15-12(8-13)18-11/h2-4,7H,5-6,8,13H2,1H3. The van der Waals surface area contributed by atoms with Crippen LogP contribution in [0.4, 0.5) is 0 Å². The molecule has 96 valence electrons. The average Bonchev–Trinajstić information content (AvgIpc) is 2.87. The number of ether oxygens (including phenoxy) is 2. The van der Waals surface area contributed by atoms with Crippen molar-refractivity contribution >= 4 is 0 Å². The first kappa shape index (κ1) is 12.4. The van der Waals surface area contributed by atoms with Crippen molar-refractivity contribution < 1.29 is 13.9 Å². The van der Waals surface area contributed by atoms with Gasteiger partial charge in [0.15, 0.2) is 0 Å². The summed E-state index contributed by atoms with van der Waals surface area (Å²) in [6.45, 7) is 0.711. The van der Waals surface area contributed by atoms with Gasteiger partial charge in [0.05, 0.1) is 26.7 Å². The van der Waals surface area contributed by atoms with E-state index in [1.54, 1.807) is 7.11 Å². The molecule has 0 unspecified atom stereocenters. The van der Waals surface area contributed by atoms with E-state index >= 15 is 0 Å². The van der Waals surface area contributed by atoms with Crippen LogP contribution in [-0.4, -0.2) is 23.9 Å². The Labute approximate surface area is 105 Å². The number of hydrogen-bond acceptors (Lipinski definition) is 6. The maximum Gasteiger partial charge on any atom is 0.230 e. The summed E-state index contributed by atoms with van der Waals surface area (Å²) in [4.78, 5) is 0. The van der Waals surface area contributed by atoms with Crippen LogP contribution in [0.5, 0.6) is 11.5 Å². The number of methoxy groups -OCH3 is 1. The molecule has 0 saturated carbocycles. The van der Waals surface area contributed by atoms with Gasteiger partial charge in [-0.25, -0.2) is 0 Å². The predicted molar refractivity (Wildman–Crippen MR) is 64.4 cm³/mol. The van der Waals surface area contributed by atoms with E-state index in [-0.39, 0.29) is 6.54 Å². The summed E-state index contributed by atoms with van der Waals surface area (Å²) in [6.07, 6.45) is 0.546. The summed E-state index contributed by atoms with van der Waals surface area (Å²) in [5, 5.41) is 7.62. The molecule has 1 aromatic carbocycles. The molecule has 0 bridgehead atoms. The molecule has 0 aliphatic carbocycles. The fraction of sp³-hybridized carbons (Fsp3) is 0.333. The van der Waals surface area contributed by atoms with E-state index in [9.17, 15) is 0 Å². The number of hydrogen-bond donors (Lipinski definition) is 1. The minimum Gasteiger partial charge on any atom is -0.497 e. The number of nitrogens with two attached hydrogens (primary N) is 1. The third-order valence-corrected chi connectivity index (χ3v) is 2.31. The summed E-state index contributed by atoms with van der Waals surface area (Å²) in [7, 11) is 1.62. The van der Waals surface area contributed by atoms with Gasteiger partial charge in [0.2, 0.25) is 11.8 Å². The quantitative estimate of drug-likeness (QED) is 0.827. The van der Waals surface area contributed by atoms with Gasteiger partial charge in [-0.3, -0.25) is 0 Å². The zero-order valence-electron chi connectivity index (χ0n) is 10.1. The van der Waals surface area contributed by atoms with Crippen molar-refractivity contribution in [2.45, 2.75) is 13.0 Å². The molecule has 0 atom stereocenters. The van der Waals surface area contributed by atoms with Gasteiger partial charge in [0.25, 0.3) is 0 Å². The molecule has 0 aliphatic rings. The fourth-order valence-corrected chi connectivity index (χ4v) is 1.42. The van der Waals surface area contributed by atoms with Crippen LogP contribution in [0.25, 0.3) is 0 Å². The first-order chi connectivity index (χ1) is 8.81. The minimum absolute atomic E-state index is 0.254. The Morgan fingerprint density at radius 2 is 2.00 bits per heavy atom. The summed E-state index contributed by atoms with van der Waals surface area (Å²) < 4.78 is 15.9. The lowest BCUT2D eigenvalue weighted by atomic mass is 10.3. The van der Waals surface area contributed by atoms with Crippen LogP contribution < -0.4 is 15.2 Å². The van der Waals surface area contributed by atoms with Gasteiger partial charge < -0.3 is 19.6 Å². The summed E-state index contributed by atoms with van der Waals surface area (Å²) in [6, 6.07) is 7.41. The molecule has 2 N–H and O–H groups in total. The second-order valence-corrected chi connectivity index (χ2v) is 3.57. The van der Waals surface area contributed by atoms with E-state index in [0.717, 1.165) is 11.5 Å². The summed E-state index contributed by atoms with van der Waals surface area (Å²) in [5.74, 6) is 2.47. The van der Waals surface area contributed by atoms with Crippen molar-refractivity contribution in [3.63, 3.8) is 0 Å². The summed E-state index contributed by atoms with van der Waals surface area (Å²) in [5.41, 5.74) is 5.37. The van der Waals surface area contributed by atoms with E-state index in [1.807, 2.05) is 24.3 Å². The van der Waals surface area contributed by atoms with Crippen LogP contribution in [0.3, 0.4) is 0 Å². The molecule has 6 nitrogen and oxygen atoms in total. The number of nitrogens with zero attached hydrogens (tertiary/aromatic N) is 2. The highest BCUT2D eigenvalue weighted by molar-refractivity contribution is 5.32. The molecule has 2 aromatic rings. The lowest BCUT2D eigenvalue weighted by Gasteiger charge is -2.06. The predicted octanol–water partition coefficient (Wildman–Crippen LogP) is 1.16. The SMILES string of the molecule is COc1cccc(OCCc2nnc(CN)o2)c1. The third-order valence-electron chi connectivity index (χ3n) is 2.31. The van der Waals surface area contributed by atoms with Crippen molar-refractivity contribution in [1.29, 1.82) is 0 Å². The van der Waals surface area contributed by atoms with Gasteiger partial charge in [-0.05, 0) is 12.1 Å². The minimum atomic E-state index is 0.254.